The van der Waals surface area contributed by atoms with Crippen LogP contribution in [0.4, 0.5) is 0 Å². The SMILES string of the molecule is COC(=O)[C@@H]1C(=O)C2=C(C[C@@H]1C)NC(C)=C(C(=O)OC(C)C)[C@H]2c1ccc(OC)c(O)c1. The third-order valence-corrected chi connectivity index (χ3v) is 5.84. The zero-order valence-electron chi connectivity index (χ0n) is 19.1. The molecule has 1 aromatic rings. The van der Waals surface area contributed by atoms with Crippen molar-refractivity contribution in [3.8, 4) is 11.5 Å². The Balaban J connectivity index is 2.21. The summed E-state index contributed by atoms with van der Waals surface area (Å²) in [4.78, 5) is 39.1. The molecule has 0 saturated heterocycles. The van der Waals surface area contributed by atoms with E-state index in [1.54, 1.807) is 32.9 Å². The molecule has 0 unspecified atom stereocenters. The van der Waals surface area contributed by atoms with E-state index in [-0.39, 0.29) is 29.1 Å². The highest BCUT2D eigenvalue weighted by Gasteiger charge is 2.47. The number of ether oxygens (including phenoxy) is 3. The summed E-state index contributed by atoms with van der Waals surface area (Å²) in [5.74, 6) is -3.51. The Bertz CT molecular complexity index is 1020. The van der Waals surface area contributed by atoms with E-state index >= 15 is 0 Å². The van der Waals surface area contributed by atoms with Crippen LogP contribution in [0.3, 0.4) is 0 Å². The van der Waals surface area contributed by atoms with Crippen LogP contribution >= 0.6 is 0 Å². The number of hydrogen-bond donors (Lipinski definition) is 2. The molecule has 3 atom stereocenters. The number of Topliss-reactive ketones (excluding diaryl/α,β-unsaturated/α-hetero) is 1. The lowest BCUT2D eigenvalue weighted by molar-refractivity contribution is -0.151. The predicted molar refractivity (Wildman–Crippen MR) is 116 cm³/mol. The van der Waals surface area contributed by atoms with Crippen LogP contribution in [0.1, 0.15) is 45.6 Å². The topological polar surface area (TPSA) is 111 Å². The summed E-state index contributed by atoms with van der Waals surface area (Å²) in [5.41, 5.74) is 2.30. The fraction of sp³-hybridized carbons (Fsp3) is 0.458. The molecule has 32 heavy (non-hydrogen) atoms. The summed E-state index contributed by atoms with van der Waals surface area (Å²) in [7, 11) is 2.68. The minimum atomic E-state index is -0.976. The number of allylic oxidation sites excluding steroid dienone is 3. The van der Waals surface area contributed by atoms with Crippen LogP contribution in [0, 0.1) is 11.8 Å². The summed E-state index contributed by atoms with van der Waals surface area (Å²) in [6.07, 6.45) is 0.0663. The van der Waals surface area contributed by atoms with Crippen molar-refractivity contribution in [3.63, 3.8) is 0 Å². The van der Waals surface area contributed by atoms with Crippen molar-refractivity contribution in [2.75, 3.05) is 14.2 Å². The van der Waals surface area contributed by atoms with Gasteiger partial charge in [0.2, 0.25) is 0 Å². The van der Waals surface area contributed by atoms with Gasteiger partial charge in [0.05, 0.1) is 25.9 Å². The van der Waals surface area contributed by atoms with E-state index < -0.39 is 29.6 Å². The minimum absolute atomic E-state index is 0.124. The predicted octanol–water partition coefficient (Wildman–Crippen LogP) is 2.97. The van der Waals surface area contributed by atoms with Gasteiger partial charge in [-0.15, -0.1) is 0 Å². The van der Waals surface area contributed by atoms with Gasteiger partial charge in [-0.3, -0.25) is 9.59 Å². The molecule has 0 spiro atoms. The summed E-state index contributed by atoms with van der Waals surface area (Å²) < 4.78 is 15.5. The minimum Gasteiger partial charge on any atom is -0.504 e. The van der Waals surface area contributed by atoms with E-state index in [0.717, 1.165) is 0 Å². The second kappa shape index (κ2) is 9.06. The Morgan fingerprint density at radius 1 is 1.22 bits per heavy atom. The van der Waals surface area contributed by atoms with Gasteiger partial charge in [0, 0.05) is 22.9 Å². The van der Waals surface area contributed by atoms with E-state index in [4.69, 9.17) is 14.2 Å². The first-order valence-electron chi connectivity index (χ1n) is 10.5. The fourth-order valence-electron chi connectivity index (χ4n) is 4.45. The van der Waals surface area contributed by atoms with Crippen molar-refractivity contribution in [2.45, 2.75) is 46.1 Å². The molecule has 0 radical (unpaired) electrons. The number of aromatic hydroxyl groups is 1. The van der Waals surface area contributed by atoms with E-state index in [1.165, 1.54) is 20.3 Å². The Labute approximate surface area is 187 Å². The van der Waals surface area contributed by atoms with Crippen molar-refractivity contribution in [2.24, 2.45) is 11.8 Å². The van der Waals surface area contributed by atoms with Crippen molar-refractivity contribution in [1.82, 2.24) is 5.32 Å². The van der Waals surface area contributed by atoms with Crippen LogP contribution in [0.15, 0.2) is 40.7 Å². The maximum atomic E-state index is 13.6. The standard InChI is InChI=1S/C24H29NO7/c1-11(2)32-24(29)19-13(4)25-15-9-12(3)18(23(28)31-6)22(27)21(15)20(19)14-7-8-17(30-5)16(26)10-14/h7-8,10-12,18,20,25-26H,9H2,1-6H3/t12-,18-,20+/m0/s1. The molecule has 2 aliphatic rings. The lowest BCUT2D eigenvalue weighted by atomic mass is 9.69. The number of phenolic OH excluding ortho intramolecular Hbond substituents is 1. The number of phenols is 1. The lowest BCUT2D eigenvalue weighted by Crippen LogP contribution is -2.43. The van der Waals surface area contributed by atoms with Crippen molar-refractivity contribution >= 4 is 17.7 Å². The average Bonchev–Trinajstić information content (AvgIpc) is 2.71. The molecule has 2 N–H and O–H groups in total. The first-order valence-corrected chi connectivity index (χ1v) is 10.5. The molecule has 172 valence electrons. The van der Waals surface area contributed by atoms with Gasteiger partial charge < -0.3 is 24.6 Å². The molecule has 0 aromatic heterocycles. The number of dihydropyridines is 1. The number of rotatable bonds is 5. The van der Waals surface area contributed by atoms with Gasteiger partial charge in [-0.1, -0.05) is 13.0 Å². The number of hydrogen-bond acceptors (Lipinski definition) is 8. The molecular weight excluding hydrogens is 414 g/mol. The molecule has 8 heteroatoms. The normalized spacial score (nSPS) is 23.0. The maximum Gasteiger partial charge on any atom is 0.337 e. The van der Waals surface area contributed by atoms with Crippen LogP contribution in [0.2, 0.25) is 0 Å². The zero-order chi connectivity index (χ0) is 23.7. The Hall–Kier alpha value is -3.29. The van der Waals surface area contributed by atoms with Gasteiger partial charge in [0.15, 0.2) is 17.3 Å². The second-order valence-corrected chi connectivity index (χ2v) is 8.42. The van der Waals surface area contributed by atoms with E-state index in [9.17, 15) is 19.5 Å². The summed E-state index contributed by atoms with van der Waals surface area (Å²) in [5, 5.41) is 13.6. The number of nitrogens with one attached hydrogen (secondary N) is 1. The molecule has 3 rings (SSSR count). The third-order valence-electron chi connectivity index (χ3n) is 5.84. The van der Waals surface area contributed by atoms with Crippen LogP contribution in [-0.2, 0) is 23.9 Å². The Kier molecular flexibility index (Phi) is 6.62. The number of benzene rings is 1. The van der Waals surface area contributed by atoms with Crippen LogP contribution in [0.5, 0.6) is 11.5 Å². The quantitative estimate of drug-likeness (QED) is 0.528. The number of carbonyl (C=O) groups is 3. The van der Waals surface area contributed by atoms with Crippen molar-refractivity contribution < 1.29 is 33.7 Å². The zero-order valence-corrected chi connectivity index (χ0v) is 19.1. The molecule has 0 saturated carbocycles. The monoisotopic (exact) mass is 443 g/mol. The summed E-state index contributed by atoms with van der Waals surface area (Å²) in [6, 6.07) is 4.72. The molecule has 8 nitrogen and oxygen atoms in total. The van der Waals surface area contributed by atoms with Gasteiger partial charge in [-0.05, 0) is 50.8 Å². The largest absolute Gasteiger partial charge is 0.504 e. The summed E-state index contributed by atoms with van der Waals surface area (Å²) in [6.45, 7) is 7.05. The van der Waals surface area contributed by atoms with E-state index in [1.807, 2.05) is 6.92 Å². The average molecular weight is 443 g/mol. The highest BCUT2D eigenvalue weighted by Crippen LogP contribution is 2.46. The molecule has 0 amide bonds. The first kappa shape index (κ1) is 23.4. The van der Waals surface area contributed by atoms with E-state index in [2.05, 4.69) is 5.32 Å². The number of ketones is 1. The van der Waals surface area contributed by atoms with Gasteiger partial charge in [0.1, 0.15) is 5.92 Å². The molecule has 1 aromatic carbocycles. The van der Waals surface area contributed by atoms with Crippen molar-refractivity contribution in [3.05, 3.63) is 46.3 Å². The van der Waals surface area contributed by atoms with Gasteiger partial charge in [-0.2, -0.15) is 0 Å². The lowest BCUT2D eigenvalue weighted by Gasteiger charge is -2.38. The van der Waals surface area contributed by atoms with Gasteiger partial charge >= 0.3 is 11.9 Å². The molecule has 1 aliphatic heterocycles. The maximum absolute atomic E-state index is 13.6. The Morgan fingerprint density at radius 3 is 2.47 bits per heavy atom. The smallest absolute Gasteiger partial charge is 0.337 e. The van der Waals surface area contributed by atoms with Crippen LogP contribution in [0.25, 0.3) is 0 Å². The summed E-state index contributed by atoms with van der Waals surface area (Å²) >= 11 is 0. The molecule has 1 aliphatic carbocycles. The van der Waals surface area contributed by atoms with Crippen LogP contribution < -0.4 is 10.1 Å². The Morgan fingerprint density at radius 2 is 1.91 bits per heavy atom. The van der Waals surface area contributed by atoms with Gasteiger partial charge in [0.25, 0.3) is 0 Å². The molecule has 0 fully saturated rings. The third kappa shape index (κ3) is 4.09. The number of methoxy groups -OCH3 is 2. The highest BCUT2D eigenvalue weighted by molar-refractivity contribution is 6.12. The number of esters is 2. The van der Waals surface area contributed by atoms with Crippen LogP contribution in [-0.4, -0.2) is 43.2 Å². The molecule has 0 bridgehead atoms. The fourth-order valence-corrected chi connectivity index (χ4v) is 4.45. The van der Waals surface area contributed by atoms with E-state index in [0.29, 0.717) is 29.0 Å². The second-order valence-electron chi connectivity index (χ2n) is 8.42. The first-order chi connectivity index (χ1) is 15.1. The highest BCUT2D eigenvalue weighted by atomic mass is 16.5. The molecule has 1 heterocycles. The van der Waals surface area contributed by atoms with Gasteiger partial charge in [-0.25, -0.2) is 4.79 Å². The molecular formula is C24H29NO7. The van der Waals surface area contributed by atoms with Crippen molar-refractivity contribution in [1.29, 1.82) is 0 Å². The number of carbonyl (C=O) groups excluding carboxylic acids is 3.